The number of carbonyl (C=O) groups excluding carboxylic acids is 1. The van der Waals surface area contributed by atoms with E-state index < -0.39 is 5.91 Å². The number of rotatable bonds is 5. The first kappa shape index (κ1) is 17.9. The van der Waals surface area contributed by atoms with Crippen LogP contribution in [0.15, 0.2) is 52.1 Å². The Bertz CT molecular complexity index is 1010. The predicted octanol–water partition coefficient (Wildman–Crippen LogP) is 0.769. The molecule has 0 saturated carbocycles. The maximum Gasteiger partial charge on any atom is 0.267 e. The van der Waals surface area contributed by atoms with Gasteiger partial charge in [-0.3, -0.25) is 9.59 Å². The van der Waals surface area contributed by atoms with Gasteiger partial charge in [0, 0.05) is 25.2 Å². The molecule has 3 aromatic heterocycles. The van der Waals surface area contributed by atoms with Crippen molar-refractivity contribution in [3.63, 3.8) is 0 Å². The number of nitrogens with one attached hydrogen (secondary N) is 1. The van der Waals surface area contributed by atoms with Crippen LogP contribution in [0.1, 0.15) is 0 Å². The van der Waals surface area contributed by atoms with E-state index in [1.807, 2.05) is 0 Å². The Morgan fingerprint density at radius 1 is 1.18 bits per heavy atom. The molecule has 0 unspecified atom stereocenters. The summed E-state index contributed by atoms with van der Waals surface area (Å²) in [6.45, 7) is 2.47. The summed E-state index contributed by atoms with van der Waals surface area (Å²) in [5.41, 5.74) is 0.0798. The first-order chi connectivity index (χ1) is 13.7. The molecular formula is C18H18N6O4. The molecule has 1 fully saturated rings. The van der Waals surface area contributed by atoms with E-state index in [0.717, 1.165) is 17.8 Å². The third kappa shape index (κ3) is 4.07. The summed E-state index contributed by atoms with van der Waals surface area (Å²) >= 11 is 0. The molecule has 3 aromatic rings. The standard InChI is InChI=1S/C18H18N6O4/c25-17(11-24-18(26)4-3-13(22-24)14-2-1-7-28-14)21-15-10-16(20-12-19-15)23-5-8-27-9-6-23/h1-4,7,10,12H,5-6,8-9,11H2,(H,19,20,21,25). The van der Waals surface area contributed by atoms with E-state index in [1.54, 1.807) is 24.3 Å². The van der Waals surface area contributed by atoms with Gasteiger partial charge in [0.05, 0.1) is 19.5 Å². The van der Waals surface area contributed by atoms with Crippen LogP contribution in [0.5, 0.6) is 0 Å². The molecule has 1 saturated heterocycles. The Balaban J connectivity index is 1.46. The quantitative estimate of drug-likeness (QED) is 0.688. The van der Waals surface area contributed by atoms with E-state index in [2.05, 4.69) is 25.3 Å². The van der Waals surface area contributed by atoms with E-state index in [4.69, 9.17) is 9.15 Å². The van der Waals surface area contributed by atoms with Gasteiger partial charge < -0.3 is 19.4 Å². The zero-order valence-electron chi connectivity index (χ0n) is 14.9. The van der Waals surface area contributed by atoms with Crippen LogP contribution in [-0.4, -0.2) is 52.0 Å². The highest BCUT2D eigenvalue weighted by atomic mass is 16.5. The molecule has 1 aliphatic rings. The zero-order valence-corrected chi connectivity index (χ0v) is 14.9. The maximum atomic E-state index is 12.4. The van der Waals surface area contributed by atoms with Crippen LogP contribution in [0.4, 0.5) is 11.6 Å². The average molecular weight is 382 g/mol. The van der Waals surface area contributed by atoms with Crippen molar-refractivity contribution in [2.75, 3.05) is 36.5 Å². The minimum Gasteiger partial charge on any atom is -0.463 e. The van der Waals surface area contributed by atoms with E-state index in [-0.39, 0.29) is 12.1 Å². The summed E-state index contributed by atoms with van der Waals surface area (Å²) in [5.74, 6) is 1.17. The third-order valence-electron chi connectivity index (χ3n) is 4.19. The smallest absolute Gasteiger partial charge is 0.267 e. The number of nitrogens with zero attached hydrogens (tertiary/aromatic N) is 5. The lowest BCUT2D eigenvalue weighted by Gasteiger charge is -2.27. The number of ether oxygens (including phenoxy) is 1. The Morgan fingerprint density at radius 2 is 2.04 bits per heavy atom. The second-order valence-corrected chi connectivity index (χ2v) is 6.10. The van der Waals surface area contributed by atoms with Gasteiger partial charge in [-0.05, 0) is 18.2 Å². The van der Waals surface area contributed by atoms with Gasteiger partial charge in [0.25, 0.3) is 5.56 Å². The lowest BCUT2D eigenvalue weighted by atomic mass is 10.3. The minimum absolute atomic E-state index is 0.246. The fourth-order valence-corrected chi connectivity index (χ4v) is 2.82. The van der Waals surface area contributed by atoms with Crippen LogP contribution in [0.25, 0.3) is 11.5 Å². The van der Waals surface area contributed by atoms with E-state index >= 15 is 0 Å². The Hall–Kier alpha value is -3.53. The fraction of sp³-hybridized carbons (Fsp3) is 0.278. The number of hydrogen-bond acceptors (Lipinski definition) is 8. The van der Waals surface area contributed by atoms with Crippen molar-refractivity contribution >= 4 is 17.5 Å². The Morgan fingerprint density at radius 3 is 2.82 bits per heavy atom. The second-order valence-electron chi connectivity index (χ2n) is 6.10. The average Bonchev–Trinajstić information content (AvgIpc) is 3.25. The molecule has 0 radical (unpaired) electrons. The van der Waals surface area contributed by atoms with Gasteiger partial charge in [0.1, 0.15) is 30.2 Å². The molecule has 0 spiro atoms. The van der Waals surface area contributed by atoms with Crippen molar-refractivity contribution < 1.29 is 13.9 Å². The monoisotopic (exact) mass is 382 g/mol. The van der Waals surface area contributed by atoms with Gasteiger partial charge in [-0.15, -0.1) is 0 Å². The van der Waals surface area contributed by atoms with Gasteiger partial charge in [-0.1, -0.05) is 0 Å². The van der Waals surface area contributed by atoms with Crippen molar-refractivity contribution in [1.82, 2.24) is 19.7 Å². The molecule has 4 heterocycles. The highest BCUT2D eigenvalue weighted by molar-refractivity contribution is 5.89. The first-order valence-electron chi connectivity index (χ1n) is 8.76. The minimum atomic E-state index is -0.419. The highest BCUT2D eigenvalue weighted by Crippen LogP contribution is 2.16. The molecule has 1 amide bonds. The zero-order chi connectivity index (χ0) is 19.3. The molecule has 1 N–H and O–H groups in total. The van der Waals surface area contributed by atoms with Crippen molar-refractivity contribution in [1.29, 1.82) is 0 Å². The highest BCUT2D eigenvalue weighted by Gasteiger charge is 2.14. The largest absolute Gasteiger partial charge is 0.463 e. The molecular weight excluding hydrogens is 364 g/mol. The number of anilines is 2. The summed E-state index contributed by atoms with van der Waals surface area (Å²) in [7, 11) is 0. The molecule has 144 valence electrons. The molecule has 0 aliphatic carbocycles. The van der Waals surface area contributed by atoms with Crippen molar-refractivity contribution in [3.8, 4) is 11.5 Å². The number of carbonyl (C=O) groups is 1. The molecule has 10 heteroatoms. The van der Waals surface area contributed by atoms with E-state index in [9.17, 15) is 9.59 Å². The third-order valence-corrected chi connectivity index (χ3v) is 4.19. The molecule has 0 bridgehead atoms. The molecule has 10 nitrogen and oxygen atoms in total. The summed E-state index contributed by atoms with van der Waals surface area (Å²) < 4.78 is 11.7. The fourth-order valence-electron chi connectivity index (χ4n) is 2.82. The van der Waals surface area contributed by atoms with Gasteiger partial charge in [0.15, 0.2) is 5.76 Å². The van der Waals surface area contributed by atoms with Gasteiger partial charge >= 0.3 is 0 Å². The van der Waals surface area contributed by atoms with Crippen LogP contribution < -0.4 is 15.8 Å². The molecule has 0 atom stereocenters. The van der Waals surface area contributed by atoms with Crippen molar-refractivity contribution in [2.45, 2.75) is 6.54 Å². The Labute approximate surface area is 159 Å². The predicted molar refractivity (Wildman–Crippen MR) is 99.9 cm³/mol. The van der Waals surface area contributed by atoms with Crippen LogP contribution in [-0.2, 0) is 16.1 Å². The number of hydrogen-bond donors (Lipinski definition) is 1. The van der Waals surface area contributed by atoms with Gasteiger partial charge in [-0.2, -0.15) is 5.10 Å². The van der Waals surface area contributed by atoms with E-state index in [1.165, 1.54) is 18.7 Å². The lowest BCUT2D eigenvalue weighted by Crippen LogP contribution is -2.36. The second kappa shape index (κ2) is 8.01. The number of amides is 1. The topological polar surface area (TPSA) is 115 Å². The summed E-state index contributed by atoms with van der Waals surface area (Å²) in [4.78, 5) is 34.8. The lowest BCUT2D eigenvalue weighted by molar-refractivity contribution is -0.117. The summed E-state index contributed by atoms with van der Waals surface area (Å²) in [6.07, 6.45) is 2.91. The normalized spacial score (nSPS) is 14.1. The van der Waals surface area contributed by atoms with Crippen molar-refractivity contribution in [2.24, 2.45) is 0 Å². The summed E-state index contributed by atoms with van der Waals surface area (Å²) in [6, 6.07) is 8.04. The summed E-state index contributed by atoms with van der Waals surface area (Å²) in [5, 5.41) is 6.86. The maximum absolute atomic E-state index is 12.4. The van der Waals surface area contributed by atoms with Crippen LogP contribution in [0.2, 0.25) is 0 Å². The van der Waals surface area contributed by atoms with Crippen LogP contribution >= 0.6 is 0 Å². The molecule has 4 rings (SSSR count). The van der Waals surface area contributed by atoms with E-state index in [0.29, 0.717) is 36.3 Å². The number of aromatic nitrogens is 4. The van der Waals surface area contributed by atoms with Crippen LogP contribution in [0, 0.1) is 0 Å². The van der Waals surface area contributed by atoms with Crippen molar-refractivity contribution in [3.05, 3.63) is 53.3 Å². The Kier molecular flexibility index (Phi) is 5.11. The van der Waals surface area contributed by atoms with Gasteiger partial charge in [0.2, 0.25) is 5.91 Å². The molecule has 28 heavy (non-hydrogen) atoms. The van der Waals surface area contributed by atoms with Gasteiger partial charge in [-0.25, -0.2) is 14.6 Å². The number of morpholine rings is 1. The molecule has 1 aliphatic heterocycles. The first-order valence-corrected chi connectivity index (χ1v) is 8.76. The molecule has 0 aromatic carbocycles. The van der Waals surface area contributed by atoms with Crippen LogP contribution in [0.3, 0.4) is 0 Å². The number of furan rings is 1. The SMILES string of the molecule is O=C(Cn1nc(-c2ccco2)ccc1=O)Nc1cc(N2CCOCC2)ncn1.